The van der Waals surface area contributed by atoms with E-state index in [4.69, 9.17) is 9.47 Å². The first-order chi connectivity index (χ1) is 10.1. The van der Waals surface area contributed by atoms with Crippen LogP contribution >= 0.6 is 0 Å². The van der Waals surface area contributed by atoms with Gasteiger partial charge in [-0.3, -0.25) is 14.6 Å². The van der Waals surface area contributed by atoms with Crippen molar-refractivity contribution in [2.24, 2.45) is 10.9 Å². The average molecular weight is 291 g/mol. The Morgan fingerprint density at radius 2 is 1.57 bits per heavy atom. The van der Waals surface area contributed by atoms with Crippen molar-refractivity contribution in [2.75, 3.05) is 13.2 Å². The molecule has 21 heavy (non-hydrogen) atoms. The molecule has 5 heteroatoms. The fraction of sp³-hybridized carbons (Fsp3) is 0.438. The molecule has 0 aliphatic rings. The molecule has 0 unspecified atom stereocenters. The van der Waals surface area contributed by atoms with Gasteiger partial charge in [0, 0.05) is 6.21 Å². The highest BCUT2D eigenvalue weighted by Gasteiger charge is 2.27. The van der Waals surface area contributed by atoms with Crippen molar-refractivity contribution in [1.29, 1.82) is 0 Å². The fourth-order valence-corrected chi connectivity index (χ4v) is 1.66. The molecule has 0 saturated heterocycles. The number of hydrogen-bond acceptors (Lipinski definition) is 5. The van der Waals surface area contributed by atoms with Gasteiger partial charge in [0.2, 0.25) is 0 Å². The summed E-state index contributed by atoms with van der Waals surface area (Å²) >= 11 is 0. The first-order valence-electron chi connectivity index (χ1n) is 7.08. The van der Waals surface area contributed by atoms with Gasteiger partial charge in [0.15, 0.2) is 5.92 Å². The minimum absolute atomic E-state index is 0.202. The Morgan fingerprint density at radius 3 is 2.00 bits per heavy atom. The van der Waals surface area contributed by atoms with E-state index in [9.17, 15) is 9.59 Å². The van der Waals surface area contributed by atoms with Crippen LogP contribution in [-0.2, 0) is 25.5 Å². The molecule has 1 rings (SSSR count). The summed E-state index contributed by atoms with van der Waals surface area (Å²) in [5.74, 6) is -2.43. The SMILES string of the molecule is CCOC(=O)C(C=Nc1ccc(CC)cc1)C(=O)OCC. The molecule has 0 aromatic heterocycles. The summed E-state index contributed by atoms with van der Waals surface area (Å²) in [6.45, 7) is 5.83. The van der Waals surface area contributed by atoms with Gasteiger partial charge >= 0.3 is 11.9 Å². The first kappa shape index (κ1) is 16.9. The van der Waals surface area contributed by atoms with Crippen molar-refractivity contribution >= 4 is 23.8 Å². The van der Waals surface area contributed by atoms with Crippen molar-refractivity contribution < 1.29 is 19.1 Å². The van der Waals surface area contributed by atoms with Gasteiger partial charge in [0.05, 0.1) is 18.9 Å². The van der Waals surface area contributed by atoms with E-state index in [2.05, 4.69) is 11.9 Å². The number of rotatable bonds is 7. The zero-order chi connectivity index (χ0) is 15.7. The smallest absolute Gasteiger partial charge is 0.325 e. The van der Waals surface area contributed by atoms with E-state index in [1.165, 1.54) is 11.8 Å². The zero-order valence-electron chi connectivity index (χ0n) is 12.7. The Labute approximate surface area is 125 Å². The van der Waals surface area contributed by atoms with E-state index < -0.39 is 17.9 Å². The largest absolute Gasteiger partial charge is 0.465 e. The number of carbonyl (C=O) groups is 2. The second-order valence-corrected chi connectivity index (χ2v) is 4.28. The summed E-state index contributed by atoms with van der Waals surface area (Å²) in [5, 5.41) is 0. The second-order valence-electron chi connectivity index (χ2n) is 4.28. The molecule has 5 nitrogen and oxygen atoms in total. The zero-order valence-corrected chi connectivity index (χ0v) is 12.7. The third-order valence-electron chi connectivity index (χ3n) is 2.80. The lowest BCUT2D eigenvalue weighted by Crippen LogP contribution is -2.29. The summed E-state index contributed by atoms with van der Waals surface area (Å²) in [7, 11) is 0. The number of aryl methyl sites for hydroxylation is 1. The van der Waals surface area contributed by atoms with Crippen LogP contribution in [0.1, 0.15) is 26.3 Å². The Bertz CT molecular complexity index is 476. The standard InChI is InChI=1S/C16H21NO4/c1-4-12-7-9-13(10-8-12)17-11-14(15(18)20-5-2)16(19)21-6-3/h7-11,14H,4-6H2,1-3H3. The maximum absolute atomic E-state index is 11.8. The number of nitrogens with zero attached hydrogens (tertiary/aromatic N) is 1. The molecule has 0 saturated carbocycles. The molecule has 0 aliphatic heterocycles. The summed E-state index contributed by atoms with van der Waals surface area (Å²) in [5.41, 5.74) is 1.87. The van der Waals surface area contributed by atoms with Gasteiger partial charge in [0.1, 0.15) is 0 Å². The molecular weight excluding hydrogens is 270 g/mol. The van der Waals surface area contributed by atoms with Gasteiger partial charge in [-0.15, -0.1) is 0 Å². The fourth-order valence-electron chi connectivity index (χ4n) is 1.66. The number of ether oxygens (including phenoxy) is 2. The molecule has 0 bridgehead atoms. The van der Waals surface area contributed by atoms with Gasteiger partial charge < -0.3 is 9.47 Å². The van der Waals surface area contributed by atoms with Crippen LogP contribution in [0.4, 0.5) is 5.69 Å². The third-order valence-corrected chi connectivity index (χ3v) is 2.80. The Hall–Kier alpha value is -2.17. The number of esters is 2. The van der Waals surface area contributed by atoms with E-state index in [1.807, 2.05) is 24.3 Å². The summed E-state index contributed by atoms with van der Waals surface area (Å²) in [4.78, 5) is 27.7. The van der Waals surface area contributed by atoms with E-state index in [0.717, 1.165) is 6.42 Å². The lowest BCUT2D eigenvalue weighted by atomic mass is 10.1. The molecule has 0 aliphatic carbocycles. The monoisotopic (exact) mass is 291 g/mol. The normalized spacial score (nSPS) is 10.9. The van der Waals surface area contributed by atoms with Gasteiger partial charge in [-0.05, 0) is 38.0 Å². The number of benzene rings is 1. The van der Waals surface area contributed by atoms with Crippen LogP contribution in [0, 0.1) is 5.92 Å². The Kier molecular flexibility index (Phi) is 7.15. The van der Waals surface area contributed by atoms with Gasteiger partial charge in [-0.25, -0.2) is 0 Å². The predicted molar refractivity (Wildman–Crippen MR) is 80.7 cm³/mol. The van der Waals surface area contributed by atoms with E-state index in [-0.39, 0.29) is 13.2 Å². The topological polar surface area (TPSA) is 65.0 Å². The molecule has 0 spiro atoms. The molecule has 0 amide bonds. The molecule has 1 aromatic rings. The highest BCUT2D eigenvalue weighted by molar-refractivity contribution is 6.09. The lowest BCUT2D eigenvalue weighted by molar-refractivity contribution is -0.157. The number of aliphatic imine (C=N–C) groups is 1. The van der Waals surface area contributed by atoms with Crippen LogP contribution in [0.5, 0.6) is 0 Å². The summed E-state index contributed by atoms with van der Waals surface area (Å²) < 4.78 is 9.73. The molecule has 0 fully saturated rings. The van der Waals surface area contributed by atoms with Crippen molar-refractivity contribution in [1.82, 2.24) is 0 Å². The van der Waals surface area contributed by atoms with Crippen molar-refractivity contribution in [3.8, 4) is 0 Å². The molecule has 0 heterocycles. The molecule has 0 atom stereocenters. The van der Waals surface area contributed by atoms with Crippen LogP contribution in [0.25, 0.3) is 0 Å². The van der Waals surface area contributed by atoms with Gasteiger partial charge in [0.25, 0.3) is 0 Å². The quantitative estimate of drug-likeness (QED) is 0.440. The minimum Gasteiger partial charge on any atom is -0.465 e. The maximum Gasteiger partial charge on any atom is 0.325 e. The Morgan fingerprint density at radius 1 is 1.05 bits per heavy atom. The number of hydrogen-bond donors (Lipinski definition) is 0. The summed E-state index contributed by atoms with van der Waals surface area (Å²) in [6.07, 6.45) is 2.22. The minimum atomic E-state index is -1.13. The summed E-state index contributed by atoms with van der Waals surface area (Å²) in [6, 6.07) is 7.58. The van der Waals surface area contributed by atoms with Gasteiger partial charge in [-0.1, -0.05) is 19.1 Å². The number of carbonyl (C=O) groups excluding carboxylic acids is 2. The van der Waals surface area contributed by atoms with Crippen LogP contribution in [0.15, 0.2) is 29.3 Å². The maximum atomic E-state index is 11.8. The van der Waals surface area contributed by atoms with Gasteiger partial charge in [-0.2, -0.15) is 0 Å². The molecule has 0 radical (unpaired) electrons. The third kappa shape index (κ3) is 5.38. The highest BCUT2D eigenvalue weighted by atomic mass is 16.6. The molecular formula is C16H21NO4. The van der Waals surface area contributed by atoms with Crippen LogP contribution in [0.2, 0.25) is 0 Å². The first-order valence-corrected chi connectivity index (χ1v) is 7.08. The lowest BCUT2D eigenvalue weighted by Gasteiger charge is -2.10. The van der Waals surface area contributed by atoms with Crippen molar-refractivity contribution in [3.05, 3.63) is 29.8 Å². The molecule has 0 N–H and O–H groups in total. The Balaban J connectivity index is 2.85. The molecule has 114 valence electrons. The van der Waals surface area contributed by atoms with Crippen molar-refractivity contribution in [2.45, 2.75) is 27.2 Å². The molecule has 1 aromatic carbocycles. The van der Waals surface area contributed by atoms with Crippen LogP contribution < -0.4 is 0 Å². The average Bonchev–Trinajstić information content (AvgIpc) is 2.48. The van der Waals surface area contributed by atoms with E-state index in [1.54, 1.807) is 13.8 Å². The van der Waals surface area contributed by atoms with Crippen LogP contribution in [0.3, 0.4) is 0 Å². The second kappa shape index (κ2) is 8.89. The van der Waals surface area contributed by atoms with Crippen molar-refractivity contribution in [3.63, 3.8) is 0 Å². The van der Waals surface area contributed by atoms with E-state index >= 15 is 0 Å². The predicted octanol–water partition coefficient (Wildman–Crippen LogP) is 2.69. The highest BCUT2D eigenvalue weighted by Crippen LogP contribution is 2.14. The van der Waals surface area contributed by atoms with Crippen LogP contribution in [-0.4, -0.2) is 31.4 Å². The van der Waals surface area contributed by atoms with E-state index in [0.29, 0.717) is 5.69 Å².